The summed E-state index contributed by atoms with van der Waals surface area (Å²) in [5, 5.41) is 8.51. The molecule has 9 heteroatoms. The zero-order valence-electron chi connectivity index (χ0n) is 12.1. The van der Waals surface area contributed by atoms with Crippen molar-refractivity contribution in [3.63, 3.8) is 0 Å². The second-order valence-corrected chi connectivity index (χ2v) is 8.29. The molecule has 0 heterocycles. The Kier molecular flexibility index (Phi) is 4.24. The highest BCUT2D eigenvalue weighted by Crippen LogP contribution is 2.54. The standard InChI is InChI=1S/C15H12Cl2F2N2O2S/c16-8-1-4-12(10(17)7-8)21-14-9(2-3-11(18)13(14)19)15(5-6-15)24(20,22)23/h1-4,7,21H,5-6H2,(H2,20,22,23). The van der Waals surface area contributed by atoms with Crippen molar-refractivity contribution in [2.75, 3.05) is 5.32 Å². The van der Waals surface area contributed by atoms with Crippen LogP contribution in [0, 0.1) is 11.6 Å². The first-order chi connectivity index (χ1) is 11.2. The zero-order chi connectivity index (χ0) is 17.7. The van der Waals surface area contributed by atoms with Crippen molar-refractivity contribution in [2.24, 2.45) is 5.14 Å². The van der Waals surface area contributed by atoms with Crippen molar-refractivity contribution < 1.29 is 17.2 Å². The smallest absolute Gasteiger partial charge is 0.219 e. The second kappa shape index (κ2) is 5.84. The average Bonchev–Trinajstić information content (AvgIpc) is 3.28. The summed E-state index contributed by atoms with van der Waals surface area (Å²) in [6, 6.07) is 6.52. The molecule has 0 aliphatic heterocycles. The third-order valence-corrected chi connectivity index (χ3v) is 6.29. The van der Waals surface area contributed by atoms with E-state index in [1.807, 2.05) is 0 Å². The normalized spacial score (nSPS) is 16.0. The second-order valence-electron chi connectivity index (χ2n) is 5.57. The number of hydrogen-bond acceptors (Lipinski definition) is 3. The van der Waals surface area contributed by atoms with Gasteiger partial charge in [-0.25, -0.2) is 22.3 Å². The van der Waals surface area contributed by atoms with Gasteiger partial charge in [-0.15, -0.1) is 0 Å². The third kappa shape index (κ3) is 2.86. The number of benzene rings is 2. The summed E-state index contributed by atoms with van der Waals surface area (Å²) >= 11 is 11.8. The van der Waals surface area contributed by atoms with E-state index in [0.717, 1.165) is 6.07 Å². The predicted octanol–water partition coefficient (Wildman–Crippen LogP) is 4.29. The van der Waals surface area contributed by atoms with Gasteiger partial charge < -0.3 is 5.32 Å². The van der Waals surface area contributed by atoms with Crippen LogP contribution in [-0.4, -0.2) is 8.42 Å². The minimum atomic E-state index is -3.99. The fourth-order valence-corrected chi connectivity index (χ4v) is 4.20. The number of primary sulfonamides is 1. The minimum absolute atomic E-state index is 0.0786. The van der Waals surface area contributed by atoms with Crippen LogP contribution in [0.4, 0.5) is 20.2 Å². The lowest BCUT2D eigenvalue weighted by molar-refractivity contribution is 0.509. The van der Waals surface area contributed by atoms with E-state index in [9.17, 15) is 17.2 Å². The van der Waals surface area contributed by atoms with E-state index in [2.05, 4.69) is 5.32 Å². The molecule has 24 heavy (non-hydrogen) atoms. The molecule has 0 amide bonds. The predicted molar refractivity (Wildman–Crippen MR) is 90.1 cm³/mol. The summed E-state index contributed by atoms with van der Waals surface area (Å²) in [4.78, 5) is 0. The number of nitrogens with one attached hydrogen (secondary N) is 1. The van der Waals surface area contributed by atoms with Crippen LogP contribution in [0.25, 0.3) is 0 Å². The summed E-state index contributed by atoms with van der Waals surface area (Å²) in [7, 11) is -3.99. The van der Waals surface area contributed by atoms with E-state index in [1.165, 1.54) is 24.3 Å². The molecule has 3 N–H and O–H groups in total. The summed E-state index contributed by atoms with van der Waals surface area (Å²) in [6.07, 6.45) is 0.472. The molecular weight excluding hydrogens is 381 g/mol. The van der Waals surface area contributed by atoms with E-state index in [4.69, 9.17) is 28.3 Å². The SMILES string of the molecule is NS(=O)(=O)C1(c2ccc(F)c(F)c2Nc2ccc(Cl)cc2Cl)CC1. The van der Waals surface area contributed by atoms with Crippen LogP contribution in [0.1, 0.15) is 18.4 Å². The lowest BCUT2D eigenvalue weighted by atomic mass is 10.1. The molecule has 0 saturated heterocycles. The lowest BCUT2D eigenvalue weighted by Crippen LogP contribution is -2.29. The van der Waals surface area contributed by atoms with Crippen molar-refractivity contribution in [3.05, 3.63) is 57.6 Å². The summed E-state index contributed by atoms with van der Waals surface area (Å²) in [5.74, 6) is -2.31. The number of halogens is 4. The molecule has 3 rings (SSSR count). The Morgan fingerprint density at radius 1 is 1.12 bits per heavy atom. The summed E-state index contributed by atoms with van der Waals surface area (Å²) in [5.41, 5.74) is 0.0395. The summed E-state index contributed by atoms with van der Waals surface area (Å²) < 4.78 is 50.5. The quantitative estimate of drug-likeness (QED) is 0.814. The molecule has 0 bridgehead atoms. The molecule has 4 nitrogen and oxygen atoms in total. The molecular formula is C15H12Cl2F2N2O2S. The maximum atomic E-state index is 14.4. The number of hydrogen-bond donors (Lipinski definition) is 2. The molecule has 0 atom stereocenters. The van der Waals surface area contributed by atoms with E-state index in [0.29, 0.717) is 5.02 Å². The Morgan fingerprint density at radius 2 is 1.79 bits per heavy atom. The van der Waals surface area contributed by atoms with Crippen LogP contribution in [0.5, 0.6) is 0 Å². The zero-order valence-corrected chi connectivity index (χ0v) is 14.4. The molecule has 1 fully saturated rings. The fraction of sp³-hybridized carbons (Fsp3) is 0.200. The van der Waals surface area contributed by atoms with Gasteiger partial charge in [0.2, 0.25) is 10.0 Å². The van der Waals surface area contributed by atoms with Crippen molar-refractivity contribution >= 4 is 44.6 Å². The monoisotopic (exact) mass is 392 g/mol. The van der Waals surface area contributed by atoms with Crippen molar-refractivity contribution in [2.45, 2.75) is 17.6 Å². The highest BCUT2D eigenvalue weighted by atomic mass is 35.5. The topological polar surface area (TPSA) is 72.2 Å². The largest absolute Gasteiger partial charge is 0.352 e. The van der Waals surface area contributed by atoms with Crippen molar-refractivity contribution in [1.29, 1.82) is 0 Å². The van der Waals surface area contributed by atoms with Gasteiger partial charge in [-0.3, -0.25) is 0 Å². The number of rotatable bonds is 4. The Balaban J connectivity index is 2.15. The first-order valence-electron chi connectivity index (χ1n) is 6.88. The number of sulfonamides is 1. The molecule has 2 aromatic rings. The molecule has 128 valence electrons. The van der Waals surface area contributed by atoms with Gasteiger partial charge in [0.25, 0.3) is 0 Å². The molecule has 1 aliphatic rings. The van der Waals surface area contributed by atoms with Gasteiger partial charge in [0.1, 0.15) is 4.75 Å². The molecule has 1 aliphatic carbocycles. The molecule has 0 aromatic heterocycles. The van der Waals surface area contributed by atoms with Gasteiger partial charge in [-0.1, -0.05) is 29.3 Å². The van der Waals surface area contributed by atoms with Gasteiger partial charge in [0.15, 0.2) is 11.6 Å². The molecule has 0 spiro atoms. The van der Waals surface area contributed by atoms with Gasteiger partial charge in [0.05, 0.1) is 16.4 Å². The first kappa shape index (κ1) is 17.4. The molecule has 1 saturated carbocycles. The van der Waals surface area contributed by atoms with E-state index in [1.54, 1.807) is 0 Å². The third-order valence-electron chi connectivity index (χ3n) is 4.03. The number of anilines is 2. The Morgan fingerprint density at radius 3 is 2.33 bits per heavy atom. The maximum Gasteiger partial charge on any atom is 0.219 e. The average molecular weight is 393 g/mol. The van der Waals surface area contributed by atoms with Crippen LogP contribution < -0.4 is 10.5 Å². The Hall–Kier alpha value is -1.41. The van der Waals surface area contributed by atoms with Crippen LogP contribution >= 0.6 is 23.2 Å². The van der Waals surface area contributed by atoms with Gasteiger partial charge >= 0.3 is 0 Å². The number of nitrogens with two attached hydrogens (primary N) is 1. The van der Waals surface area contributed by atoms with E-state index < -0.39 is 26.4 Å². The van der Waals surface area contributed by atoms with Crippen LogP contribution in [-0.2, 0) is 14.8 Å². The highest BCUT2D eigenvalue weighted by Gasteiger charge is 2.56. The van der Waals surface area contributed by atoms with E-state index in [-0.39, 0.29) is 34.8 Å². The highest BCUT2D eigenvalue weighted by molar-refractivity contribution is 7.90. The molecule has 0 radical (unpaired) electrons. The van der Waals surface area contributed by atoms with Gasteiger partial charge in [0, 0.05) is 10.6 Å². The van der Waals surface area contributed by atoms with Crippen LogP contribution in [0.2, 0.25) is 10.0 Å². The van der Waals surface area contributed by atoms with Crippen molar-refractivity contribution in [3.8, 4) is 0 Å². The van der Waals surface area contributed by atoms with Crippen LogP contribution in [0.3, 0.4) is 0 Å². The molecule has 2 aromatic carbocycles. The summed E-state index contributed by atoms with van der Waals surface area (Å²) in [6.45, 7) is 0. The maximum absolute atomic E-state index is 14.4. The first-order valence-corrected chi connectivity index (χ1v) is 9.19. The lowest BCUT2D eigenvalue weighted by Gasteiger charge is -2.20. The van der Waals surface area contributed by atoms with Crippen LogP contribution in [0.15, 0.2) is 30.3 Å². The van der Waals surface area contributed by atoms with E-state index >= 15 is 0 Å². The minimum Gasteiger partial charge on any atom is -0.352 e. The van der Waals surface area contributed by atoms with Crippen molar-refractivity contribution in [1.82, 2.24) is 0 Å². The molecule has 0 unspecified atom stereocenters. The Labute approximate surface area is 147 Å². The van der Waals surface area contributed by atoms with Gasteiger partial charge in [-0.05, 0) is 37.1 Å². The Bertz CT molecular complexity index is 931. The fourth-order valence-electron chi connectivity index (χ4n) is 2.60. The van der Waals surface area contributed by atoms with Gasteiger partial charge in [-0.2, -0.15) is 0 Å².